The van der Waals surface area contributed by atoms with E-state index in [4.69, 9.17) is 11.6 Å². The van der Waals surface area contributed by atoms with Crippen molar-refractivity contribution in [2.24, 2.45) is 0 Å². The highest BCUT2D eigenvalue weighted by Crippen LogP contribution is 2.33. The van der Waals surface area contributed by atoms with Crippen LogP contribution in [0.15, 0.2) is 12.3 Å². The number of halogens is 1. The summed E-state index contributed by atoms with van der Waals surface area (Å²) in [5, 5.41) is 14.6. The van der Waals surface area contributed by atoms with E-state index >= 15 is 0 Å². The smallest absolute Gasteiger partial charge is 0.313 e. The first-order valence-electron chi connectivity index (χ1n) is 5.70. The Morgan fingerprint density at radius 3 is 2.94 bits per heavy atom. The molecule has 0 radical (unpaired) electrons. The molecule has 0 saturated carbocycles. The number of nitrogens with one attached hydrogen (secondary N) is 1. The maximum atomic E-state index is 11.1. The summed E-state index contributed by atoms with van der Waals surface area (Å²) in [5.41, 5.74) is -0.262. The fourth-order valence-electron chi connectivity index (χ4n) is 2.14. The molecule has 18 heavy (non-hydrogen) atoms. The first-order chi connectivity index (χ1) is 8.42. The lowest BCUT2D eigenvalue weighted by Gasteiger charge is -2.43. The minimum absolute atomic E-state index is 0.0440. The Balaban J connectivity index is 2.46. The van der Waals surface area contributed by atoms with E-state index in [0.717, 1.165) is 13.1 Å². The Labute approximate surface area is 110 Å². The Morgan fingerprint density at radius 2 is 2.33 bits per heavy atom. The van der Waals surface area contributed by atoms with E-state index < -0.39 is 4.92 Å². The molecule has 0 aliphatic carbocycles. The maximum absolute atomic E-state index is 11.1. The van der Waals surface area contributed by atoms with Gasteiger partial charge in [0.15, 0.2) is 0 Å². The largest absolute Gasteiger partial charge is 0.343 e. The second-order valence-corrected chi connectivity index (χ2v) is 5.33. The van der Waals surface area contributed by atoms with E-state index in [1.165, 1.54) is 12.3 Å². The summed E-state index contributed by atoms with van der Waals surface area (Å²) in [7, 11) is 0. The van der Waals surface area contributed by atoms with Gasteiger partial charge in [0.05, 0.1) is 9.95 Å². The van der Waals surface area contributed by atoms with Crippen LogP contribution in [0.4, 0.5) is 11.5 Å². The van der Waals surface area contributed by atoms with Crippen LogP contribution in [0.5, 0.6) is 0 Å². The lowest BCUT2D eigenvalue weighted by atomic mass is 10.00. The first-order valence-corrected chi connectivity index (χ1v) is 6.08. The Hall–Kier alpha value is -1.40. The van der Waals surface area contributed by atoms with Gasteiger partial charge >= 0.3 is 5.69 Å². The molecule has 1 aliphatic heterocycles. The fraction of sp³-hybridized carbons (Fsp3) is 0.545. The lowest BCUT2D eigenvalue weighted by Crippen LogP contribution is -2.58. The lowest BCUT2D eigenvalue weighted by molar-refractivity contribution is -0.384. The summed E-state index contributed by atoms with van der Waals surface area (Å²) >= 11 is 5.77. The molecule has 1 N–H and O–H groups in total. The van der Waals surface area contributed by atoms with E-state index in [1.807, 2.05) is 18.7 Å². The highest BCUT2D eigenvalue weighted by atomic mass is 35.5. The van der Waals surface area contributed by atoms with Gasteiger partial charge in [-0.3, -0.25) is 10.1 Å². The third kappa shape index (κ3) is 2.39. The minimum atomic E-state index is -0.438. The Morgan fingerprint density at radius 1 is 1.61 bits per heavy atom. The average molecular weight is 271 g/mol. The van der Waals surface area contributed by atoms with E-state index in [2.05, 4.69) is 10.3 Å². The van der Waals surface area contributed by atoms with Gasteiger partial charge in [-0.05, 0) is 13.8 Å². The van der Waals surface area contributed by atoms with E-state index in [9.17, 15) is 10.1 Å². The van der Waals surface area contributed by atoms with Crippen molar-refractivity contribution in [3.05, 3.63) is 27.4 Å². The molecule has 1 aliphatic rings. The van der Waals surface area contributed by atoms with Gasteiger partial charge in [-0.25, -0.2) is 4.98 Å². The first kappa shape index (κ1) is 13.0. The zero-order valence-electron chi connectivity index (χ0n) is 10.3. The van der Waals surface area contributed by atoms with Crippen LogP contribution in [0.3, 0.4) is 0 Å². The summed E-state index contributed by atoms with van der Waals surface area (Å²) in [4.78, 5) is 16.8. The molecule has 98 valence electrons. The van der Waals surface area contributed by atoms with Crippen molar-refractivity contribution in [2.75, 3.05) is 24.5 Å². The van der Waals surface area contributed by atoms with Crippen LogP contribution < -0.4 is 10.2 Å². The highest BCUT2D eigenvalue weighted by molar-refractivity contribution is 6.30. The summed E-state index contributed by atoms with van der Waals surface area (Å²) in [6.45, 7) is 6.28. The predicted octanol–water partition coefficient (Wildman–Crippen LogP) is 1.83. The molecule has 0 aromatic carbocycles. The number of nitrogens with zero attached hydrogens (tertiary/aromatic N) is 3. The number of pyridine rings is 1. The molecule has 0 bridgehead atoms. The van der Waals surface area contributed by atoms with Crippen molar-refractivity contribution in [3.8, 4) is 0 Å². The Kier molecular flexibility index (Phi) is 3.41. The van der Waals surface area contributed by atoms with Gasteiger partial charge in [0.2, 0.25) is 5.82 Å². The molecular formula is C11H15ClN4O2. The highest BCUT2D eigenvalue weighted by Gasteiger charge is 2.34. The van der Waals surface area contributed by atoms with Gasteiger partial charge in [0.1, 0.15) is 0 Å². The van der Waals surface area contributed by atoms with Crippen LogP contribution in [0.2, 0.25) is 5.02 Å². The summed E-state index contributed by atoms with van der Waals surface area (Å²) in [6, 6.07) is 1.35. The second-order valence-electron chi connectivity index (χ2n) is 4.89. The number of nitro groups is 1. The number of hydrogen-bond donors (Lipinski definition) is 1. The molecule has 2 rings (SSSR count). The van der Waals surface area contributed by atoms with Gasteiger partial charge in [0.25, 0.3) is 0 Å². The van der Waals surface area contributed by atoms with Crippen LogP contribution in [0.25, 0.3) is 0 Å². The van der Waals surface area contributed by atoms with Crippen LogP contribution in [-0.2, 0) is 0 Å². The second kappa shape index (κ2) is 4.70. The zero-order chi connectivity index (χ0) is 13.3. The molecular weight excluding hydrogens is 256 g/mol. The normalized spacial score (nSPS) is 18.7. The number of hydrogen-bond acceptors (Lipinski definition) is 5. The number of aromatic nitrogens is 1. The molecule has 1 fully saturated rings. The van der Waals surface area contributed by atoms with Crippen LogP contribution >= 0.6 is 11.6 Å². The van der Waals surface area contributed by atoms with Crippen molar-refractivity contribution in [1.82, 2.24) is 10.3 Å². The Bertz CT molecular complexity index is 478. The predicted molar refractivity (Wildman–Crippen MR) is 70.2 cm³/mol. The molecule has 1 aromatic heterocycles. The zero-order valence-corrected chi connectivity index (χ0v) is 11.1. The van der Waals surface area contributed by atoms with Crippen molar-refractivity contribution >= 4 is 23.1 Å². The standard InChI is InChI=1S/C11H15ClN4O2/c1-11(2)7-13-3-4-15(11)10-9(16(17)18)5-8(12)6-14-10/h5-6,13H,3-4,7H2,1-2H3. The van der Waals surface area contributed by atoms with E-state index in [-0.39, 0.29) is 16.2 Å². The average Bonchev–Trinajstić information content (AvgIpc) is 2.29. The molecule has 1 saturated heterocycles. The van der Waals surface area contributed by atoms with Gasteiger partial charge in [-0.2, -0.15) is 0 Å². The van der Waals surface area contributed by atoms with Gasteiger partial charge < -0.3 is 10.2 Å². The van der Waals surface area contributed by atoms with Crippen molar-refractivity contribution in [3.63, 3.8) is 0 Å². The molecule has 0 atom stereocenters. The molecule has 0 spiro atoms. The summed E-state index contributed by atoms with van der Waals surface area (Å²) in [5.74, 6) is 0.385. The van der Waals surface area contributed by atoms with Crippen molar-refractivity contribution < 1.29 is 4.92 Å². The van der Waals surface area contributed by atoms with E-state index in [1.54, 1.807) is 0 Å². The van der Waals surface area contributed by atoms with E-state index in [0.29, 0.717) is 12.4 Å². The monoisotopic (exact) mass is 270 g/mol. The van der Waals surface area contributed by atoms with Crippen LogP contribution in [-0.4, -0.2) is 35.1 Å². The molecule has 0 unspecified atom stereocenters. The van der Waals surface area contributed by atoms with Crippen LogP contribution in [0.1, 0.15) is 13.8 Å². The molecule has 2 heterocycles. The number of piperazine rings is 1. The number of rotatable bonds is 2. The van der Waals surface area contributed by atoms with Gasteiger partial charge in [0, 0.05) is 37.4 Å². The van der Waals surface area contributed by atoms with Crippen molar-refractivity contribution in [2.45, 2.75) is 19.4 Å². The van der Waals surface area contributed by atoms with Crippen molar-refractivity contribution in [1.29, 1.82) is 0 Å². The molecule has 6 nitrogen and oxygen atoms in total. The maximum Gasteiger partial charge on any atom is 0.313 e. The molecule has 1 aromatic rings. The SMILES string of the molecule is CC1(C)CNCCN1c1ncc(Cl)cc1[N+](=O)[O-]. The van der Waals surface area contributed by atoms with Gasteiger partial charge in [-0.15, -0.1) is 0 Å². The minimum Gasteiger partial charge on any atom is -0.343 e. The van der Waals surface area contributed by atoms with Crippen LogP contribution in [0, 0.1) is 10.1 Å². The molecule has 0 amide bonds. The number of anilines is 1. The quantitative estimate of drug-likeness (QED) is 0.656. The topological polar surface area (TPSA) is 71.3 Å². The molecule has 7 heteroatoms. The third-order valence-electron chi connectivity index (χ3n) is 3.07. The summed E-state index contributed by atoms with van der Waals surface area (Å²) in [6.07, 6.45) is 1.45. The fourth-order valence-corrected chi connectivity index (χ4v) is 2.29. The third-order valence-corrected chi connectivity index (χ3v) is 3.27. The van der Waals surface area contributed by atoms with Gasteiger partial charge in [-0.1, -0.05) is 11.6 Å². The summed E-state index contributed by atoms with van der Waals surface area (Å²) < 4.78 is 0.